The van der Waals surface area contributed by atoms with E-state index in [-0.39, 0.29) is 11.9 Å². The highest BCUT2D eigenvalue weighted by molar-refractivity contribution is 5.82. The highest BCUT2D eigenvalue weighted by atomic mass is 16.5. The van der Waals surface area contributed by atoms with Gasteiger partial charge in [0, 0.05) is 26.2 Å². The number of nitrogens with one attached hydrogen (secondary N) is 1. The molecule has 2 unspecified atom stereocenters. The fourth-order valence-electron chi connectivity index (χ4n) is 3.68. The van der Waals surface area contributed by atoms with E-state index in [0.717, 1.165) is 50.6 Å². The molecule has 0 saturated carbocycles. The van der Waals surface area contributed by atoms with Gasteiger partial charge in [-0.2, -0.15) is 0 Å². The Bertz CT molecular complexity index is 555. The zero-order valence-electron chi connectivity index (χ0n) is 14.8. The molecule has 5 heteroatoms. The predicted octanol–water partition coefficient (Wildman–Crippen LogP) is 2.12. The van der Waals surface area contributed by atoms with Crippen LogP contribution in [0.15, 0.2) is 24.3 Å². The van der Waals surface area contributed by atoms with Gasteiger partial charge in [0.15, 0.2) is 0 Å². The minimum atomic E-state index is 0.0102. The Morgan fingerprint density at radius 3 is 2.71 bits per heavy atom. The summed E-state index contributed by atoms with van der Waals surface area (Å²) in [6.45, 7) is 9.16. The molecule has 1 N–H and O–H groups in total. The third-order valence-corrected chi connectivity index (χ3v) is 5.06. The maximum absolute atomic E-state index is 12.7. The van der Waals surface area contributed by atoms with Crippen molar-refractivity contribution in [1.29, 1.82) is 0 Å². The molecule has 2 aliphatic heterocycles. The zero-order valence-corrected chi connectivity index (χ0v) is 14.8. The van der Waals surface area contributed by atoms with Gasteiger partial charge in [-0.25, -0.2) is 0 Å². The Hall–Kier alpha value is -1.75. The topological polar surface area (TPSA) is 44.8 Å². The lowest BCUT2D eigenvalue weighted by Crippen LogP contribution is -2.55. The van der Waals surface area contributed by atoms with Crippen molar-refractivity contribution in [1.82, 2.24) is 10.2 Å². The SMILES string of the molecule is CCOc1ccccc1N1CCN(C(=O)C2CC(C)CCN2)CC1. The maximum Gasteiger partial charge on any atom is 0.239 e. The average Bonchev–Trinajstić information content (AvgIpc) is 2.62. The lowest BCUT2D eigenvalue weighted by Gasteiger charge is -2.39. The second kappa shape index (κ2) is 7.88. The molecule has 0 aromatic heterocycles. The van der Waals surface area contributed by atoms with E-state index in [1.807, 2.05) is 30.0 Å². The summed E-state index contributed by atoms with van der Waals surface area (Å²) in [5, 5.41) is 3.39. The summed E-state index contributed by atoms with van der Waals surface area (Å²) < 4.78 is 5.74. The number of para-hydroxylation sites is 2. The van der Waals surface area contributed by atoms with E-state index in [9.17, 15) is 4.79 Å². The first-order chi connectivity index (χ1) is 11.7. The molecule has 2 aliphatic rings. The molecule has 0 spiro atoms. The van der Waals surface area contributed by atoms with Crippen molar-refractivity contribution in [2.45, 2.75) is 32.7 Å². The number of carbonyl (C=O) groups excluding carboxylic acids is 1. The number of rotatable bonds is 4. The minimum Gasteiger partial charge on any atom is -0.492 e. The number of piperidine rings is 1. The van der Waals surface area contributed by atoms with Gasteiger partial charge in [-0.15, -0.1) is 0 Å². The number of amides is 1. The van der Waals surface area contributed by atoms with Crippen LogP contribution < -0.4 is 15.0 Å². The number of anilines is 1. The molecule has 2 saturated heterocycles. The largest absolute Gasteiger partial charge is 0.492 e. The van der Waals surface area contributed by atoms with Gasteiger partial charge in [-0.05, 0) is 44.4 Å². The summed E-state index contributed by atoms with van der Waals surface area (Å²) in [6.07, 6.45) is 2.14. The molecule has 3 rings (SSSR count). The van der Waals surface area contributed by atoms with E-state index >= 15 is 0 Å². The number of hydrogen-bond donors (Lipinski definition) is 1. The van der Waals surface area contributed by atoms with Crippen LogP contribution in [-0.4, -0.2) is 56.2 Å². The number of nitrogens with zero attached hydrogens (tertiary/aromatic N) is 2. The molecule has 132 valence electrons. The van der Waals surface area contributed by atoms with Crippen LogP contribution in [-0.2, 0) is 4.79 Å². The van der Waals surface area contributed by atoms with Gasteiger partial charge in [0.25, 0.3) is 0 Å². The predicted molar refractivity (Wildman–Crippen MR) is 96.6 cm³/mol. The van der Waals surface area contributed by atoms with Crippen molar-refractivity contribution in [2.24, 2.45) is 5.92 Å². The van der Waals surface area contributed by atoms with E-state index in [4.69, 9.17) is 4.74 Å². The molecular weight excluding hydrogens is 302 g/mol. The minimum absolute atomic E-state index is 0.0102. The van der Waals surface area contributed by atoms with Gasteiger partial charge in [-0.1, -0.05) is 19.1 Å². The van der Waals surface area contributed by atoms with Crippen molar-refractivity contribution in [2.75, 3.05) is 44.2 Å². The van der Waals surface area contributed by atoms with Crippen LogP contribution in [0.3, 0.4) is 0 Å². The first-order valence-electron chi connectivity index (χ1n) is 9.18. The first kappa shape index (κ1) is 17.1. The van der Waals surface area contributed by atoms with E-state index in [0.29, 0.717) is 12.5 Å². The van der Waals surface area contributed by atoms with E-state index in [1.165, 1.54) is 6.42 Å². The normalized spacial score (nSPS) is 24.8. The third-order valence-electron chi connectivity index (χ3n) is 5.06. The van der Waals surface area contributed by atoms with Gasteiger partial charge < -0.3 is 19.9 Å². The zero-order chi connectivity index (χ0) is 16.9. The van der Waals surface area contributed by atoms with Crippen molar-refractivity contribution >= 4 is 11.6 Å². The van der Waals surface area contributed by atoms with Crippen LogP contribution >= 0.6 is 0 Å². The molecule has 1 aromatic rings. The number of piperazine rings is 1. The van der Waals surface area contributed by atoms with Crippen LogP contribution in [0.5, 0.6) is 5.75 Å². The van der Waals surface area contributed by atoms with Crippen LogP contribution in [0, 0.1) is 5.92 Å². The molecular formula is C19H29N3O2. The quantitative estimate of drug-likeness (QED) is 0.918. The first-order valence-corrected chi connectivity index (χ1v) is 9.18. The van der Waals surface area contributed by atoms with Crippen molar-refractivity contribution in [3.63, 3.8) is 0 Å². The van der Waals surface area contributed by atoms with Gasteiger partial charge >= 0.3 is 0 Å². The van der Waals surface area contributed by atoms with Crippen LogP contribution in [0.4, 0.5) is 5.69 Å². The summed E-state index contributed by atoms with van der Waals surface area (Å²) in [4.78, 5) is 17.1. The fraction of sp³-hybridized carbons (Fsp3) is 0.632. The van der Waals surface area contributed by atoms with E-state index in [2.05, 4.69) is 23.2 Å². The monoisotopic (exact) mass is 331 g/mol. The Morgan fingerprint density at radius 1 is 1.25 bits per heavy atom. The summed E-state index contributed by atoms with van der Waals surface area (Å²) >= 11 is 0. The molecule has 24 heavy (non-hydrogen) atoms. The lowest BCUT2D eigenvalue weighted by atomic mass is 9.93. The Kier molecular flexibility index (Phi) is 5.61. The molecule has 0 bridgehead atoms. The molecule has 0 aliphatic carbocycles. The third kappa shape index (κ3) is 3.83. The van der Waals surface area contributed by atoms with Crippen molar-refractivity contribution < 1.29 is 9.53 Å². The molecule has 2 fully saturated rings. The van der Waals surface area contributed by atoms with Gasteiger partial charge in [0.05, 0.1) is 18.3 Å². The standard InChI is InChI=1S/C19H29N3O2/c1-3-24-18-7-5-4-6-17(18)21-10-12-22(13-11-21)19(23)16-14-15(2)8-9-20-16/h4-7,15-16,20H,3,8-14H2,1-2H3. The van der Waals surface area contributed by atoms with Crippen LogP contribution in [0.2, 0.25) is 0 Å². The van der Waals surface area contributed by atoms with E-state index < -0.39 is 0 Å². The molecule has 5 nitrogen and oxygen atoms in total. The molecule has 1 amide bonds. The fourth-order valence-corrected chi connectivity index (χ4v) is 3.68. The Morgan fingerprint density at radius 2 is 2.00 bits per heavy atom. The smallest absolute Gasteiger partial charge is 0.239 e. The maximum atomic E-state index is 12.7. The molecule has 1 aromatic carbocycles. The van der Waals surface area contributed by atoms with Crippen LogP contribution in [0.1, 0.15) is 26.7 Å². The van der Waals surface area contributed by atoms with E-state index in [1.54, 1.807) is 0 Å². The number of ether oxygens (including phenoxy) is 1. The van der Waals surface area contributed by atoms with Gasteiger partial charge in [0.1, 0.15) is 5.75 Å². The second-order valence-electron chi connectivity index (χ2n) is 6.85. The average molecular weight is 331 g/mol. The van der Waals surface area contributed by atoms with Crippen LogP contribution in [0.25, 0.3) is 0 Å². The lowest BCUT2D eigenvalue weighted by molar-refractivity contribution is -0.134. The Labute approximate surface area is 145 Å². The molecule has 2 atom stereocenters. The van der Waals surface area contributed by atoms with Crippen molar-refractivity contribution in [3.05, 3.63) is 24.3 Å². The molecule has 2 heterocycles. The summed E-state index contributed by atoms with van der Waals surface area (Å²) in [6, 6.07) is 8.18. The number of benzene rings is 1. The van der Waals surface area contributed by atoms with Crippen molar-refractivity contribution in [3.8, 4) is 5.75 Å². The summed E-state index contributed by atoms with van der Waals surface area (Å²) in [5.74, 6) is 1.85. The highest BCUT2D eigenvalue weighted by Gasteiger charge is 2.30. The van der Waals surface area contributed by atoms with Gasteiger partial charge in [-0.3, -0.25) is 4.79 Å². The summed E-state index contributed by atoms with van der Waals surface area (Å²) in [5.41, 5.74) is 1.14. The highest BCUT2D eigenvalue weighted by Crippen LogP contribution is 2.29. The number of hydrogen-bond acceptors (Lipinski definition) is 4. The number of carbonyl (C=O) groups is 1. The summed E-state index contributed by atoms with van der Waals surface area (Å²) in [7, 11) is 0. The van der Waals surface area contributed by atoms with Gasteiger partial charge in [0.2, 0.25) is 5.91 Å². The molecule has 0 radical (unpaired) electrons. The second-order valence-corrected chi connectivity index (χ2v) is 6.85. The Balaban J connectivity index is 1.59.